The first-order chi connectivity index (χ1) is 9.65. The first-order valence-electron chi connectivity index (χ1n) is 6.27. The van der Waals surface area contributed by atoms with E-state index in [1.54, 1.807) is 24.3 Å². The van der Waals surface area contributed by atoms with Gasteiger partial charge in [-0.05, 0) is 36.2 Å². The van der Waals surface area contributed by atoms with Crippen molar-refractivity contribution in [1.82, 2.24) is 4.98 Å². The predicted molar refractivity (Wildman–Crippen MR) is 74.4 cm³/mol. The van der Waals surface area contributed by atoms with Gasteiger partial charge in [0, 0.05) is 12.7 Å². The van der Waals surface area contributed by atoms with E-state index in [1.807, 2.05) is 13.0 Å². The van der Waals surface area contributed by atoms with Crippen molar-refractivity contribution in [2.45, 2.75) is 13.5 Å². The van der Waals surface area contributed by atoms with Crippen molar-refractivity contribution in [1.29, 1.82) is 0 Å². The van der Waals surface area contributed by atoms with E-state index in [2.05, 4.69) is 4.98 Å². The molecule has 0 bridgehead atoms. The summed E-state index contributed by atoms with van der Waals surface area (Å²) in [5.41, 5.74) is 8.57. The molecule has 1 aromatic heterocycles. The second-order valence-electron chi connectivity index (χ2n) is 4.62. The summed E-state index contributed by atoms with van der Waals surface area (Å²) in [5.74, 6) is -0.746. The number of nitrogens with zero attached hydrogens (tertiary/aromatic N) is 2. The van der Waals surface area contributed by atoms with Crippen LogP contribution in [0.25, 0.3) is 0 Å². The number of carbonyl (C=O) groups excluding carboxylic acids is 2. The Morgan fingerprint density at radius 3 is 2.65 bits per heavy atom. The number of amides is 2. The van der Waals surface area contributed by atoms with Crippen LogP contribution in [0.2, 0.25) is 0 Å². The average molecular weight is 267 g/mol. The van der Waals surface area contributed by atoms with Crippen molar-refractivity contribution in [3.63, 3.8) is 0 Å². The number of carbonyl (C=O) groups is 2. The van der Waals surface area contributed by atoms with E-state index >= 15 is 0 Å². The van der Waals surface area contributed by atoms with Crippen LogP contribution in [0.1, 0.15) is 32.0 Å². The van der Waals surface area contributed by atoms with Gasteiger partial charge in [0.15, 0.2) is 0 Å². The number of pyridine rings is 1. The smallest absolute Gasteiger partial charge is 0.284 e. The molecule has 2 N–H and O–H groups in total. The van der Waals surface area contributed by atoms with Crippen molar-refractivity contribution in [3.8, 4) is 0 Å². The molecule has 5 heteroatoms. The zero-order valence-electron chi connectivity index (χ0n) is 11.0. The number of hydrogen-bond donors (Lipinski definition) is 1. The lowest BCUT2D eigenvalue weighted by molar-refractivity contribution is 0.0924. The second-order valence-corrected chi connectivity index (χ2v) is 4.62. The van der Waals surface area contributed by atoms with E-state index in [9.17, 15) is 9.59 Å². The molecule has 3 rings (SSSR count). The van der Waals surface area contributed by atoms with Crippen LogP contribution in [0, 0.1) is 6.92 Å². The molecular formula is C15H13N3O2. The van der Waals surface area contributed by atoms with Gasteiger partial charge < -0.3 is 5.73 Å². The van der Waals surface area contributed by atoms with Crippen LogP contribution in [-0.2, 0) is 6.54 Å². The van der Waals surface area contributed by atoms with Gasteiger partial charge in [-0.3, -0.25) is 14.6 Å². The first kappa shape index (κ1) is 12.5. The fraction of sp³-hybridized carbons (Fsp3) is 0.133. The molecule has 100 valence electrons. The third-order valence-corrected chi connectivity index (χ3v) is 3.48. The lowest BCUT2D eigenvalue weighted by atomic mass is 10.1. The molecule has 0 unspecified atom stereocenters. The van der Waals surface area contributed by atoms with Gasteiger partial charge in [-0.25, -0.2) is 4.90 Å². The van der Waals surface area contributed by atoms with Crippen molar-refractivity contribution >= 4 is 17.5 Å². The second kappa shape index (κ2) is 4.54. The van der Waals surface area contributed by atoms with E-state index < -0.39 is 5.91 Å². The quantitative estimate of drug-likeness (QED) is 0.839. The van der Waals surface area contributed by atoms with Gasteiger partial charge in [0.25, 0.3) is 11.8 Å². The van der Waals surface area contributed by atoms with Gasteiger partial charge in [0.2, 0.25) is 0 Å². The zero-order chi connectivity index (χ0) is 14.3. The van der Waals surface area contributed by atoms with E-state index in [4.69, 9.17) is 5.73 Å². The summed E-state index contributed by atoms with van der Waals surface area (Å²) < 4.78 is 0. The molecule has 5 nitrogen and oxygen atoms in total. The molecule has 2 aromatic rings. The van der Waals surface area contributed by atoms with E-state index in [1.165, 1.54) is 6.20 Å². The normalized spacial score (nSPS) is 13.8. The van der Waals surface area contributed by atoms with Gasteiger partial charge in [0.05, 0.1) is 11.3 Å². The van der Waals surface area contributed by atoms with Crippen LogP contribution in [-0.4, -0.2) is 16.8 Å². The highest BCUT2D eigenvalue weighted by Gasteiger charge is 2.38. The fourth-order valence-electron chi connectivity index (χ4n) is 2.45. The number of aromatic nitrogens is 1. The number of benzene rings is 1. The van der Waals surface area contributed by atoms with E-state index in [0.717, 1.165) is 16.0 Å². The first-order valence-corrected chi connectivity index (χ1v) is 6.27. The molecule has 1 aromatic carbocycles. The number of imide groups is 1. The van der Waals surface area contributed by atoms with Gasteiger partial charge in [-0.15, -0.1) is 0 Å². The topological polar surface area (TPSA) is 76.3 Å². The van der Waals surface area contributed by atoms with Gasteiger partial charge in [-0.2, -0.15) is 0 Å². The molecule has 0 saturated carbocycles. The lowest BCUT2D eigenvalue weighted by Gasteiger charge is -2.18. The van der Waals surface area contributed by atoms with Crippen molar-refractivity contribution in [2.24, 2.45) is 5.73 Å². The molecule has 1 aliphatic heterocycles. The Kier molecular flexibility index (Phi) is 2.84. The van der Waals surface area contributed by atoms with Crippen LogP contribution in [0.3, 0.4) is 0 Å². The number of fused-ring (bicyclic) bond motifs is 1. The summed E-state index contributed by atoms with van der Waals surface area (Å²) in [6.45, 7) is 2.17. The minimum absolute atomic E-state index is 0.196. The van der Waals surface area contributed by atoms with Crippen LogP contribution in [0.5, 0.6) is 0 Å². The Labute approximate surface area is 116 Å². The van der Waals surface area contributed by atoms with Crippen LogP contribution < -0.4 is 10.6 Å². The monoisotopic (exact) mass is 267 g/mol. The highest BCUT2D eigenvalue weighted by molar-refractivity contribution is 6.33. The number of nitrogens with two attached hydrogens (primary N) is 1. The number of aryl methyl sites for hydroxylation is 1. The molecule has 2 amide bonds. The third-order valence-electron chi connectivity index (χ3n) is 3.48. The van der Waals surface area contributed by atoms with Crippen molar-refractivity contribution in [3.05, 3.63) is 58.9 Å². The highest BCUT2D eigenvalue weighted by atomic mass is 16.2. The maximum atomic E-state index is 12.4. The lowest BCUT2D eigenvalue weighted by Crippen LogP contribution is -2.31. The van der Waals surface area contributed by atoms with Crippen molar-refractivity contribution in [2.75, 3.05) is 4.90 Å². The molecule has 2 heterocycles. The molecule has 0 fully saturated rings. The maximum absolute atomic E-state index is 12.4. The van der Waals surface area contributed by atoms with Crippen LogP contribution in [0.15, 0.2) is 36.5 Å². The Morgan fingerprint density at radius 2 is 1.95 bits per heavy atom. The average Bonchev–Trinajstić information content (AvgIpc) is 2.71. The number of hydrogen-bond acceptors (Lipinski definition) is 4. The Hall–Kier alpha value is -2.53. The summed E-state index contributed by atoms with van der Waals surface area (Å²) >= 11 is 0. The third kappa shape index (κ3) is 1.64. The molecule has 0 radical (unpaired) electrons. The maximum Gasteiger partial charge on any atom is 0.284 e. The molecule has 0 saturated heterocycles. The molecule has 1 aliphatic rings. The molecule has 20 heavy (non-hydrogen) atoms. The number of anilines is 1. The standard InChI is InChI=1S/C15H13N3O2/c1-9-4-2-6-12(11(9)8-16)18-14(19)10-5-3-7-17-13(10)15(18)20/h2-7H,8,16H2,1H3. The summed E-state index contributed by atoms with van der Waals surface area (Å²) in [7, 11) is 0. The fourth-order valence-corrected chi connectivity index (χ4v) is 2.45. The molecular weight excluding hydrogens is 254 g/mol. The summed E-state index contributed by atoms with van der Waals surface area (Å²) in [6.07, 6.45) is 1.51. The Bertz CT molecular complexity index is 690. The summed E-state index contributed by atoms with van der Waals surface area (Å²) in [5, 5.41) is 0. The predicted octanol–water partition coefficient (Wildman–Crippen LogP) is 1.65. The number of rotatable bonds is 2. The summed E-state index contributed by atoms with van der Waals surface area (Å²) in [4.78, 5) is 30.0. The molecule has 0 atom stereocenters. The minimum Gasteiger partial charge on any atom is -0.326 e. The SMILES string of the molecule is Cc1cccc(N2C(=O)c3cccnc3C2=O)c1CN. The Balaban J connectivity index is 2.17. The van der Waals surface area contributed by atoms with E-state index in [0.29, 0.717) is 11.3 Å². The largest absolute Gasteiger partial charge is 0.326 e. The van der Waals surface area contributed by atoms with Crippen molar-refractivity contribution < 1.29 is 9.59 Å². The van der Waals surface area contributed by atoms with Crippen LogP contribution in [0.4, 0.5) is 5.69 Å². The zero-order valence-corrected chi connectivity index (χ0v) is 11.0. The minimum atomic E-state index is -0.397. The highest BCUT2D eigenvalue weighted by Crippen LogP contribution is 2.30. The Morgan fingerprint density at radius 1 is 1.15 bits per heavy atom. The van der Waals surface area contributed by atoms with Gasteiger partial charge in [0.1, 0.15) is 5.69 Å². The van der Waals surface area contributed by atoms with Gasteiger partial charge in [-0.1, -0.05) is 12.1 Å². The summed E-state index contributed by atoms with van der Waals surface area (Å²) in [6, 6.07) is 8.70. The van der Waals surface area contributed by atoms with E-state index in [-0.39, 0.29) is 18.1 Å². The molecule has 0 aliphatic carbocycles. The molecule has 0 spiro atoms. The van der Waals surface area contributed by atoms with Gasteiger partial charge >= 0.3 is 0 Å². The van der Waals surface area contributed by atoms with Crippen LogP contribution >= 0.6 is 0 Å².